The molecule has 1 atom stereocenters. The Morgan fingerprint density at radius 2 is 2.05 bits per heavy atom. The van der Waals surface area contributed by atoms with Crippen molar-refractivity contribution in [2.24, 2.45) is 0 Å². The summed E-state index contributed by atoms with van der Waals surface area (Å²) in [7, 11) is 0. The summed E-state index contributed by atoms with van der Waals surface area (Å²) in [6.07, 6.45) is 4.36. The molecule has 1 N–H and O–H groups in total. The van der Waals surface area contributed by atoms with Crippen molar-refractivity contribution in [3.8, 4) is 5.69 Å². The zero-order chi connectivity index (χ0) is 14.8. The number of hydrogen-bond donors (Lipinski definition) is 1. The van der Waals surface area contributed by atoms with Gasteiger partial charge in [-0.25, -0.2) is 0 Å². The quantitative estimate of drug-likeness (QED) is 0.802. The van der Waals surface area contributed by atoms with E-state index in [-0.39, 0.29) is 0 Å². The standard InChI is InChI=1S/C16H18N6/c1-2-6-13(7-3-1)22-16(18-19-20-22)12-21-11-5-9-15(21)14-8-4-10-17-14/h1-4,6-8,10,15,17H,5,9,11-12H2. The number of aromatic amines is 1. The Kier molecular flexibility index (Phi) is 3.44. The van der Waals surface area contributed by atoms with E-state index in [0.29, 0.717) is 6.04 Å². The second kappa shape index (κ2) is 5.73. The van der Waals surface area contributed by atoms with E-state index in [0.717, 1.165) is 24.6 Å². The van der Waals surface area contributed by atoms with Gasteiger partial charge in [-0.1, -0.05) is 18.2 Å². The number of nitrogens with zero attached hydrogens (tertiary/aromatic N) is 5. The van der Waals surface area contributed by atoms with Gasteiger partial charge in [-0.05, 0) is 54.1 Å². The minimum absolute atomic E-state index is 0.427. The Hall–Kier alpha value is -2.47. The molecule has 6 nitrogen and oxygen atoms in total. The average Bonchev–Trinajstić information content (AvgIpc) is 3.30. The molecular weight excluding hydrogens is 276 g/mol. The van der Waals surface area contributed by atoms with E-state index < -0.39 is 0 Å². The highest BCUT2D eigenvalue weighted by Gasteiger charge is 2.28. The number of nitrogens with one attached hydrogen (secondary N) is 1. The molecule has 22 heavy (non-hydrogen) atoms. The normalized spacial score (nSPS) is 18.8. The van der Waals surface area contributed by atoms with Crippen molar-refractivity contribution in [2.75, 3.05) is 6.54 Å². The summed E-state index contributed by atoms with van der Waals surface area (Å²) in [6.45, 7) is 1.83. The van der Waals surface area contributed by atoms with Crippen LogP contribution in [0.5, 0.6) is 0 Å². The van der Waals surface area contributed by atoms with E-state index in [4.69, 9.17) is 0 Å². The fourth-order valence-corrected chi connectivity index (χ4v) is 3.17. The zero-order valence-corrected chi connectivity index (χ0v) is 12.3. The molecule has 0 bridgehead atoms. The van der Waals surface area contributed by atoms with Crippen molar-refractivity contribution in [2.45, 2.75) is 25.4 Å². The monoisotopic (exact) mass is 294 g/mol. The smallest absolute Gasteiger partial charge is 0.170 e. The lowest BCUT2D eigenvalue weighted by Crippen LogP contribution is -2.25. The Morgan fingerprint density at radius 3 is 2.86 bits per heavy atom. The van der Waals surface area contributed by atoms with Crippen LogP contribution in [0.2, 0.25) is 0 Å². The molecule has 1 aromatic carbocycles. The molecule has 2 aromatic heterocycles. The van der Waals surface area contributed by atoms with Crippen molar-refractivity contribution in [3.63, 3.8) is 0 Å². The van der Waals surface area contributed by atoms with Crippen molar-refractivity contribution in [1.29, 1.82) is 0 Å². The summed E-state index contributed by atoms with van der Waals surface area (Å²) in [5.74, 6) is 0.879. The zero-order valence-electron chi connectivity index (χ0n) is 12.3. The van der Waals surface area contributed by atoms with Crippen molar-refractivity contribution in [1.82, 2.24) is 30.1 Å². The number of hydrogen-bond acceptors (Lipinski definition) is 4. The van der Waals surface area contributed by atoms with Crippen LogP contribution < -0.4 is 0 Å². The molecule has 1 fully saturated rings. The lowest BCUT2D eigenvalue weighted by Gasteiger charge is -2.23. The molecule has 0 spiro atoms. The third-order valence-corrected chi connectivity index (χ3v) is 4.22. The molecule has 1 unspecified atom stereocenters. The highest BCUT2D eigenvalue weighted by molar-refractivity contribution is 5.30. The number of rotatable bonds is 4. The highest BCUT2D eigenvalue weighted by Crippen LogP contribution is 2.31. The third-order valence-electron chi connectivity index (χ3n) is 4.22. The highest BCUT2D eigenvalue weighted by atomic mass is 15.5. The first kappa shape index (κ1) is 13.2. The largest absolute Gasteiger partial charge is 0.364 e. The van der Waals surface area contributed by atoms with Crippen LogP contribution in [-0.2, 0) is 6.54 Å². The predicted molar refractivity (Wildman–Crippen MR) is 82.3 cm³/mol. The molecule has 6 heteroatoms. The van der Waals surface area contributed by atoms with Crippen LogP contribution in [0, 0.1) is 0 Å². The fourth-order valence-electron chi connectivity index (χ4n) is 3.17. The maximum absolute atomic E-state index is 4.22. The molecule has 0 aliphatic carbocycles. The van der Waals surface area contributed by atoms with Gasteiger partial charge in [-0.2, -0.15) is 4.68 Å². The van der Waals surface area contributed by atoms with E-state index in [1.807, 2.05) is 41.2 Å². The van der Waals surface area contributed by atoms with Gasteiger partial charge in [-0.15, -0.1) is 5.10 Å². The third kappa shape index (κ3) is 2.42. The first-order valence-electron chi connectivity index (χ1n) is 7.62. The van der Waals surface area contributed by atoms with Gasteiger partial charge in [0.1, 0.15) is 0 Å². The fraction of sp³-hybridized carbons (Fsp3) is 0.312. The number of benzene rings is 1. The molecule has 3 aromatic rings. The minimum atomic E-state index is 0.427. The number of likely N-dealkylation sites (tertiary alicyclic amines) is 1. The summed E-state index contributed by atoms with van der Waals surface area (Å²) in [4.78, 5) is 5.78. The van der Waals surface area contributed by atoms with Crippen LogP contribution in [0.15, 0.2) is 48.7 Å². The second-order valence-corrected chi connectivity index (χ2v) is 5.60. The maximum Gasteiger partial charge on any atom is 0.170 e. The topological polar surface area (TPSA) is 62.6 Å². The molecule has 1 aliphatic rings. The Balaban J connectivity index is 1.58. The van der Waals surface area contributed by atoms with Gasteiger partial charge in [0.15, 0.2) is 5.82 Å². The summed E-state index contributed by atoms with van der Waals surface area (Å²) in [6, 6.07) is 14.7. The SMILES string of the molecule is c1ccc(-n2nnnc2CN2CCCC2c2ccc[nH]2)cc1. The first-order chi connectivity index (χ1) is 10.9. The van der Waals surface area contributed by atoms with Gasteiger partial charge in [0, 0.05) is 11.9 Å². The Morgan fingerprint density at radius 1 is 1.14 bits per heavy atom. The van der Waals surface area contributed by atoms with Crippen molar-refractivity contribution >= 4 is 0 Å². The molecule has 4 rings (SSSR count). The average molecular weight is 294 g/mol. The van der Waals surface area contributed by atoms with E-state index in [9.17, 15) is 0 Å². The summed E-state index contributed by atoms with van der Waals surface area (Å²) in [5, 5.41) is 12.2. The van der Waals surface area contributed by atoms with Crippen LogP contribution in [0.3, 0.4) is 0 Å². The van der Waals surface area contributed by atoms with E-state index >= 15 is 0 Å². The first-order valence-corrected chi connectivity index (χ1v) is 7.62. The molecule has 3 heterocycles. The summed E-state index contributed by atoms with van der Waals surface area (Å²) >= 11 is 0. The van der Waals surface area contributed by atoms with Crippen LogP contribution in [-0.4, -0.2) is 36.6 Å². The summed E-state index contributed by atoms with van der Waals surface area (Å²) < 4.78 is 1.82. The van der Waals surface area contributed by atoms with Crippen molar-refractivity contribution in [3.05, 3.63) is 60.2 Å². The molecule has 0 amide bonds. The molecule has 1 aliphatic heterocycles. The number of para-hydroxylation sites is 1. The summed E-state index contributed by atoms with van der Waals surface area (Å²) in [5.41, 5.74) is 2.27. The van der Waals surface area contributed by atoms with E-state index in [1.54, 1.807) is 0 Å². The van der Waals surface area contributed by atoms with Gasteiger partial charge < -0.3 is 4.98 Å². The molecule has 1 saturated heterocycles. The van der Waals surface area contributed by atoms with Gasteiger partial charge >= 0.3 is 0 Å². The molecule has 0 saturated carbocycles. The maximum atomic E-state index is 4.22. The van der Waals surface area contributed by atoms with Crippen LogP contribution >= 0.6 is 0 Å². The Labute approximate surface area is 128 Å². The van der Waals surface area contributed by atoms with E-state index in [1.165, 1.54) is 18.5 Å². The van der Waals surface area contributed by atoms with Crippen molar-refractivity contribution < 1.29 is 0 Å². The second-order valence-electron chi connectivity index (χ2n) is 5.60. The van der Waals surface area contributed by atoms with Crippen LogP contribution in [0.4, 0.5) is 0 Å². The van der Waals surface area contributed by atoms with Gasteiger partial charge in [0.05, 0.1) is 18.3 Å². The van der Waals surface area contributed by atoms with Gasteiger partial charge in [0.2, 0.25) is 0 Å². The predicted octanol–water partition coefficient (Wildman–Crippen LogP) is 2.33. The van der Waals surface area contributed by atoms with E-state index in [2.05, 4.69) is 37.5 Å². The lowest BCUT2D eigenvalue weighted by atomic mass is 10.1. The molecule has 0 radical (unpaired) electrons. The van der Waals surface area contributed by atoms with Crippen LogP contribution in [0.1, 0.15) is 30.4 Å². The number of aromatic nitrogens is 5. The number of H-pyrrole nitrogens is 1. The number of tetrazole rings is 1. The molecular formula is C16H18N6. The lowest BCUT2D eigenvalue weighted by molar-refractivity contribution is 0.237. The Bertz CT molecular complexity index is 718. The van der Waals surface area contributed by atoms with Gasteiger partial charge in [0.25, 0.3) is 0 Å². The minimum Gasteiger partial charge on any atom is -0.364 e. The molecule has 112 valence electrons. The van der Waals surface area contributed by atoms with Crippen LogP contribution in [0.25, 0.3) is 5.69 Å². The van der Waals surface area contributed by atoms with Gasteiger partial charge in [-0.3, -0.25) is 4.90 Å².